The maximum absolute atomic E-state index is 12.0. The van der Waals surface area contributed by atoms with Crippen molar-refractivity contribution in [2.45, 2.75) is 39.0 Å². The maximum atomic E-state index is 12.0. The van der Waals surface area contributed by atoms with Crippen LogP contribution in [0.4, 0.5) is 0 Å². The Balaban J connectivity index is 1.91. The van der Waals surface area contributed by atoms with Crippen LogP contribution in [0.2, 0.25) is 0 Å². The number of unbranched alkanes of at least 4 members (excludes halogenated alkanes) is 1. The topological polar surface area (TPSA) is 17.1 Å². The van der Waals surface area contributed by atoms with Gasteiger partial charge in [-0.15, -0.1) is 0 Å². The molecule has 0 unspecified atom stereocenters. The van der Waals surface area contributed by atoms with Crippen molar-refractivity contribution in [3.05, 3.63) is 34.9 Å². The Hall–Kier alpha value is -0.760. The number of hydrogen-bond acceptors (Lipinski definition) is 2. The number of fused-ring (bicyclic) bond motifs is 1. The lowest BCUT2D eigenvalue weighted by Crippen LogP contribution is -2.04. The van der Waals surface area contributed by atoms with E-state index in [0.29, 0.717) is 11.5 Å². The summed E-state index contributed by atoms with van der Waals surface area (Å²) in [5.41, 5.74) is 3.75. The van der Waals surface area contributed by atoms with Crippen LogP contribution < -0.4 is 0 Å². The number of thioether (sulfide) groups is 1. The number of ketones is 1. The number of carbonyl (C=O) groups is 1. The van der Waals surface area contributed by atoms with Gasteiger partial charge < -0.3 is 0 Å². The Morgan fingerprint density at radius 3 is 2.94 bits per heavy atom. The first-order valence-corrected chi connectivity index (χ1v) is 7.69. The number of Topliss-reactive ketones (excluding diaryl/α,β-unsaturated/α-hetero) is 1. The van der Waals surface area contributed by atoms with Crippen LogP contribution in [0.1, 0.15) is 47.7 Å². The van der Waals surface area contributed by atoms with Crippen molar-refractivity contribution < 1.29 is 4.79 Å². The minimum absolute atomic E-state index is 0.292. The molecule has 17 heavy (non-hydrogen) atoms. The van der Waals surface area contributed by atoms with Gasteiger partial charge in [0.15, 0.2) is 5.78 Å². The molecule has 0 atom stereocenters. The zero-order valence-electron chi connectivity index (χ0n) is 10.5. The second-order valence-corrected chi connectivity index (χ2v) is 5.77. The highest BCUT2D eigenvalue weighted by molar-refractivity contribution is 7.99. The van der Waals surface area contributed by atoms with E-state index in [1.807, 2.05) is 6.07 Å². The summed E-state index contributed by atoms with van der Waals surface area (Å²) in [5.74, 6) is 2.03. The van der Waals surface area contributed by atoms with Crippen molar-refractivity contribution in [2.75, 3.05) is 11.5 Å². The molecule has 92 valence electrons. The molecule has 0 aliphatic heterocycles. The van der Waals surface area contributed by atoms with Crippen molar-refractivity contribution in [2.24, 2.45) is 0 Å². The number of benzene rings is 1. The number of hydrogen-bond donors (Lipinski definition) is 0. The smallest absolute Gasteiger partial charge is 0.172 e. The number of aryl methyl sites for hydroxylation is 2. The largest absolute Gasteiger partial charge is 0.293 e. The van der Waals surface area contributed by atoms with Crippen LogP contribution in [-0.2, 0) is 12.8 Å². The van der Waals surface area contributed by atoms with Gasteiger partial charge in [-0.1, -0.05) is 25.5 Å². The minimum Gasteiger partial charge on any atom is -0.293 e. The van der Waals surface area contributed by atoms with Crippen LogP contribution in [0.25, 0.3) is 0 Å². The molecular formula is C15H20OS. The molecule has 0 N–H and O–H groups in total. The molecule has 0 radical (unpaired) electrons. The van der Waals surface area contributed by atoms with Crippen LogP contribution in [0, 0.1) is 0 Å². The molecule has 1 nitrogen and oxygen atoms in total. The van der Waals surface area contributed by atoms with E-state index in [1.54, 1.807) is 11.8 Å². The average molecular weight is 248 g/mol. The molecule has 0 heterocycles. The fourth-order valence-corrected chi connectivity index (χ4v) is 3.23. The van der Waals surface area contributed by atoms with Gasteiger partial charge in [0.25, 0.3) is 0 Å². The third kappa shape index (κ3) is 3.35. The quantitative estimate of drug-likeness (QED) is 0.561. The summed E-state index contributed by atoms with van der Waals surface area (Å²) in [6.45, 7) is 2.18. The van der Waals surface area contributed by atoms with Crippen molar-refractivity contribution in [3.63, 3.8) is 0 Å². The summed E-state index contributed by atoms with van der Waals surface area (Å²) in [6, 6.07) is 6.27. The second kappa shape index (κ2) is 6.25. The number of carbonyl (C=O) groups excluding carboxylic acids is 1. The predicted octanol–water partition coefficient (Wildman–Crippen LogP) is 3.89. The van der Waals surface area contributed by atoms with Crippen molar-refractivity contribution >= 4 is 17.5 Å². The molecule has 2 rings (SSSR count). The van der Waals surface area contributed by atoms with E-state index >= 15 is 0 Å². The van der Waals surface area contributed by atoms with Gasteiger partial charge in [-0.2, -0.15) is 11.8 Å². The summed E-state index contributed by atoms with van der Waals surface area (Å²) in [5, 5.41) is 0. The summed E-state index contributed by atoms with van der Waals surface area (Å²) in [6.07, 6.45) is 6.01. The van der Waals surface area contributed by atoms with Gasteiger partial charge in [-0.3, -0.25) is 4.79 Å². The maximum Gasteiger partial charge on any atom is 0.172 e. The second-order valence-electron chi connectivity index (χ2n) is 4.67. The lowest BCUT2D eigenvalue weighted by Gasteiger charge is -2.04. The van der Waals surface area contributed by atoms with E-state index in [-0.39, 0.29) is 0 Å². The van der Waals surface area contributed by atoms with Gasteiger partial charge in [0.2, 0.25) is 0 Å². The van der Waals surface area contributed by atoms with E-state index in [2.05, 4.69) is 19.1 Å². The van der Waals surface area contributed by atoms with Gasteiger partial charge in [0.05, 0.1) is 5.75 Å². The molecular weight excluding hydrogens is 228 g/mol. The highest BCUT2D eigenvalue weighted by Gasteiger charge is 2.13. The Bertz CT molecular complexity index is 398. The first-order valence-electron chi connectivity index (χ1n) is 6.54. The zero-order valence-corrected chi connectivity index (χ0v) is 11.3. The Morgan fingerprint density at radius 1 is 1.29 bits per heavy atom. The summed E-state index contributed by atoms with van der Waals surface area (Å²) in [7, 11) is 0. The van der Waals surface area contributed by atoms with Crippen LogP contribution in [-0.4, -0.2) is 17.3 Å². The third-order valence-electron chi connectivity index (χ3n) is 3.30. The first kappa shape index (κ1) is 12.7. The molecule has 2 heteroatoms. The average Bonchev–Trinajstić information content (AvgIpc) is 2.81. The van der Waals surface area contributed by atoms with E-state index in [1.165, 1.54) is 36.8 Å². The monoisotopic (exact) mass is 248 g/mol. The predicted molar refractivity (Wildman–Crippen MR) is 75.0 cm³/mol. The molecule has 0 saturated heterocycles. The summed E-state index contributed by atoms with van der Waals surface area (Å²) in [4.78, 5) is 12.0. The molecule has 0 bridgehead atoms. The summed E-state index contributed by atoms with van der Waals surface area (Å²) >= 11 is 1.76. The molecule has 0 spiro atoms. The molecule has 0 fully saturated rings. The number of rotatable bonds is 6. The van der Waals surface area contributed by atoms with Crippen LogP contribution >= 0.6 is 11.8 Å². The molecule has 1 aliphatic carbocycles. The standard InChI is InChI=1S/C15H20OS/c1-2-3-9-17-11-15(16)14-8-7-12-5-4-6-13(12)10-14/h7-8,10H,2-6,9,11H2,1H3. The van der Waals surface area contributed by atoms with Gasteiger partial charge >= 0.3 is 0 Å². The highest BCUT2D eigenvalue weighted by Crippen LogP contribution is 2.23. The molecule has 0 aromatic heterocycles. The van der Waals surface area contributed by atoms with Gasteiger partial charge in [-0.05, 0) is 48.6 Å². The van der Waals surface area contributed by atoms with E-state index in [9.17, 15) is 4.79 Å². The Labute approximate surface area is 108 Å². The van der Waals surface area contributed by atoms with E-state index in [0.717, 1.165) is 17.7 Å². The minimum atomic E-state index is 0.292. The van der Waals surface area contributed by atoms with Gasteiger partial charge in [-0.25, -0.2) is 0 Å². The van der Waals surface area contributed by atoms with Crippen molar-refractivity contribution in [1.29, 1.82) is 0 Å². The lowest BCUT2D eigenvalue weighted by molar-refractivity contribution is 0.102. The fourth-order valence-electron chi connectivity index (χ4n) is 2.24. The molecule has 0 amide bonds. The SMILES string of the molecule is CCCCSCC(=O)c1ccc2c(c1)CCC2. The molecule has 0 saturated carbocycles. The van der Waals surface area contributed by atoms with E-state index < -0.39 is 0 Å². The third-order valence-corrected chi connectivity index (χ3v) is 4.34. The zero-order chi connectivity index (χ0) is 12.1. The van der Waals surface area contributed by atoms with Crippen LogP contribution in [0.15, 0.2) is 18.2 Å². The molecule has 1 aliphatic rings. The van der Waals surface area contributed by atoms with Gasteiger partial charge in [0, 0.05) is 5.56 Å². The normalized spacial score (nSPS) is 13.7. The summed E-state index contributed by atoms with van der Waals surface area (Å²) < 4.78 is 0. The van der Waals surface area contributed by atoms with Crippen molar-refractivity contribution in [3.8, 4) is 0 Å². The molecule has 1 aromatic rings. The highest BCUT2D eigenvalue weighted by atomic mass is 32.2. The van der Waals surface area contributed by atoms with E-state index in [4.69, 9.17) is 0 Å². The fraction of sp³-hybridized carbons (Fsp3) is 0.533. The lowest BCUT2D eigenvalue weighted by atomic mass is 10.0. The van der Waals surface area contributed by atoms with Crippen molar-refractivity contribution in [1.82, 2.24) is 0 Å². The Morgan fingerprint density at radius 2 is 2.12 bits per heavy atom. The van der Waals surface area contributed by atoms with Gasteiger partial charge in [0.1, 0.15) is 0 Å². The van der Waals surface area contributed by atoms with Crippen LogP contribution in [0.5, 0.6) is 0 Å². The Kier molecular flexibility index (Phi) is 4.66. The first-order chi connectivity index (χ1) is 8.31. The van der Waals surface area contributed by atoms with Crippen LogP contribution in [0.3, 0.4) is 0 Å². The molecule has 1 aromatic carbocycles.